The van der Waals surface area contributed by atoms with Crippen molar-refractivity contribution in [2.45, 2.75) is 19.9 Å². The van der Waals surface area contributed by atoms with Gasteiger partial charge in [-0.25, -0.2) is 9.37 Å². The number of amides is 1. The van der Waals surface area contributed by atoms with E-state index in [-0.39, 0.29) is 11.6 Å². The molecule has 1 aliphatic heterocycles. The van der Waals surface area contributed by atoms with Gasteiger partial charge >= 0.3 is 0 Å². The molecule has 0 bridgehead atoms. The molecular formula is C18H19FN4O2. The largest absolute Gasteiger partial charge is 0.451 e. The molecule has 2 aromatic heterocycles. The number of hydrogen-bond acceptors (Lipinski definition) is 4. The summed E-state index contributed by atoms with van der Waals surface area (Å²) in [6.45, 7) is 3.94. The molecule has 1 saturated heterocycles. The van der Waals surface area contributed by atoms with Crippen LogP contribution >= 0.6 is 0 Å². The first-order valence-corrected chi connectivity index (χ1v) is 8.21. The Balaban J connectivity index is 1.47. The molecule has 1 aliphatic rings. The molecule has 0 aliphatic carbocycles. The lowest BCUT2D eigenvalue weighted by Gasteiger charge is -2.23. The number of carbonyl (C=O) groups is 1. The molecule has 1 aromatic carbocycles. The topological polar surface area (TPSA) is 74.2 Å². The lowest BCUT2D eigenvalue weighted by Crippen LogP contribution is -2.36. The van der Waals surface area contributed by atoms with Crippen LogP contribution in [0.1, 0.15) is 19.0 Å². The number of anilines is 1. The Bertz CT molecular complexity index is 905. The fourth-order valence-corrected chi connectivity index (χ4v) is 3.36. The summed E-state index contributed by atoms with van der Waals surface area (Å²) in [4.78, 5) is 22.0. The van der Waals surface area contributed by atoms with Gasteiger partial charge in [0.2, 0.25) is 5.91 Å². The van der Waals surface area contributed by atoms with E-state index in [4.69, 9.17) is 4.42 Å². The van der Waals surface area contributed by atoms with Crippen molar-refractivity contribution in [3.63, 3.8) is 0 Å². The van der Waals surface area contributed by atoms with Crippen molar-refractivity contribution in [2.75, 3.05) is 18.4 Å². The molecule has 1 fully saturated rings. The first kappa shape index (κ1) is 15.8. The lowest BCUT2D eigenvalue weighted by molar-refractivity contribution is -0.124. The Morgan fingerprint density at radius 1 is 1.52 bits per heavy atom. The van der Waals surface area contributed by atoms with Gasteiger partial charge in [-0.3, -0.25) is 9.69 Å². The van der Waals surface area contributed by atoms with Crippen LogP contribution in [0.4, 0.5) is 10.1 Å². The number of benzene rings is 1. The summed E-state index contributed by atoms with van der Waals surface area (Å²) in [6.07, 6.45) is 5.47. The highest BCUT2D eigenvalue weighted by atomic mass is 19.1. The third kappa shape index (κ3) is 3.02. The van der Waals surface area contributed by atoms with Gasteiger partial charge in [0.05, 0.1) is 16.8 Å². The standard InChI is InChI=1S/C18H19FN4O2/c1-18(3-5-23(10-18)8-13-9-25-11-21-13)17(24)22-16-6-12-2-4-20-15(12)7-14(16)19/h2,4,6-7,9,11,20H,3,5,8,10H2,1H3,(H,22,24). The number of halogens is 1. The summed E-state index contributed by atoms with van der Waals surface area (Å²) in [5, 5.41) is 3.63. The van der Waals surface area contributed by atoms with Gasteiger partial charge in [-0.15, -0.1) is 0 Å². The van der Waals surface area contributed by atoms with Crippen LogP contribution < -0.4 is 5.32 Å². The SMILES string of the molecule is CC1(C(=O)Nc2cc3cc[nH]c3cc2F)CCN(Cc2cocn2)C1. The van der Waals surface area contributed by atoms with Crippen LogP contribution in [-0.2, 0) is 11.3 Å². The minimum Gasteiger partial charge on any atom is -0.451 e. The van der Waals surface area contributed by atoms with Gasteiger partial charge in [0.1, 0.15) is 12.1 Å². The van der Waals surface area contributed by atoms with Crippen molar-refractivity contribution in [1.82, 2.24) is 14.9 Å². The minimum atomic E-state index is -0.566. The average Bonchev–Trinajstić information content (AvgIpc) is 3.30. The molecule has 3 aromatic rings. The van der Waals surface area contributed by atoms with Crippen molar-refractivity contribution in [3.8, 4) is 0 Å². The third-order valence-electron chi connectivity index (χ3n) is 4.86. The summed E-state index contributed by atoms with van der Waals surface area (Å²) >= 11 is 0. The molecule has 6 nitrogen and oxygen atoms in total. The summed E-state index contributed by atoms with van der Waals surface area (Å²) in [5.74, 6) is -0.603. The van der Waals surface area contributed by atoms with Gasteiger partial charge in [0.15, 0.2) is 6.39 Å². The Hall–Kier alpha value is -2.67. The zero-order valence-electron chi connectivity index (χ0n) is 13.9. The van der Waals surface area contributed by atoms with Crippen molar-refractivity contribution >= 4 is 22.5 Å². The van der Waals surface area contributed by atoms with E-state index < -0.39 is 11.2 Å². The monoisotopic (exact) mass is 342 g/mol. The summed E-state index contributed by atoms with van der Waals surface area (Å²) in [5.41, 5.74) is 1.20. The third-order valence-corrected chi connectivity index (χ3v) is 4.86. The molecule has 0 spiro atoms. The molecule has 130 valence electrons. The van der Waals surface area contributed by atoms with Crippen LogP contribution in [-0.4, -0.2) is 33.9 Å². The Morgan fingerprint density at radius 3 is 3.20 bits per heavy atom. The van der Waals surface area contributed by atoms with Crippen LogP contribution in [0.15, 0.2) is 41.5 Å². The van der Waals surface area contributed by atoms with E-state index >= 15 is 0 Å². The number of rotatable bonds is 4. The molecule has 1 atom stereocenters. The van der Waals surface area contributed by atoms with E-state index in [1.54, 1.807) is 18.5 Å². The normalized spacial score (nSPS) is 21.0. The van der Waals surface area contributed by atoms with Gasteiger partial charge in [-0.05, 0) is 32.0 Å². The number of oxazole rings is 1. The van der Waals surface area contributed by atoms with E-state index in [1.165, 1.54) is 12.5 Å². The number of fused-ring (bicyclic) bond motifs is 1. The molecule has 0 radical (unpaired) electrons. The molecule has 4 rings (SSSR count). The maximum Gasteiger partial charge on any atom is 0.231 e. The van der Waals surface area contributed by atoms with E-state index in [0.717, 1.165) is 17.6 Å². The second-order valence-electron chi connectivity index (χ2n) is 6.85. The van der Waals surface area contributed by atoms with Gasteiger partial charge in [0.25, 0.3) is 0 Å². The maximum absolute atomic E-state index is 14.2. The molecule has 7 heteroatoms. The molecule has 2 N–H and O–H groups in total. The van der Waals surface area contributed by atoms with Crippen LogP contribution in [0.2, 0.25) is 0 Å². The zero-order valence-corrected chi connectivity index (χ0v) is 13.9. The van der Waals surface area contributed by atoms with E-state index in [1.807, 2.05) is 13.0 Å². The fourth-order valence-electron chi connectivity index (χ4n) is 3.36. The molecule has 1 amide bonds. The minimum absolute atomic E-state index is 0.163. The van der Waals surface area contributed by atoms with Crippen molar-refractivity contribution in [3.05, 3.63) is 48.6 Å². The zero-order chi connectivity index (χ0) is 17.4. The van der Waals surface area contributed by atoms with Crippen LogP contribution in [0.3, 0.4) is 0 Å². The fraction of sp³-hybridized carbons (Fsp3) is 0.333. The molecule has 3 heterocycles. The van der Waals surface area contributed by atoms with Gasteiger partial charge in [0, 0.05) is 36.3 Å². The number of nitrogens with one attached hydrogen (secondary N) is 2. The molecule has 25 heavy (non-hydrogen) atoms. The maximum atomic E-state index is 14.2. The quantitative estimate of drug-likeness (QED) is 0.764. The summed E-state index contributed by atoms with van der Waals surface area (Å²) < 4.78 is 19.2. The highest BCUT2D eigenvalue weighted by molar-refractivity contribution is 5.97. The predicted molar refractivity (Wildman–Crippen MR) is 91.4 cm³/mol. The summed E-state index contributed by atoms with van der Waals surface area (Å²) in [6, 6.07) is 4.91. The van der Waals surface area contributed by atoms with Crippen molar-refractivity contribution in [1.29, 1.82) is 0 Å². The summed E-state index contributed by atoms with van der Waals surface area (Å²) in [7, 11) is 0. The number of aromatic nitrogens is 2. The number of aromatic amines is 1. The Labute approximate surface area is 144 Å². The van der Waals surface area contributed by atoms with E-state index in [0.29, 0.717) is 25.0 Å². The van der Waals surface area contributed by atoms with Crippen LogP contribution in [0.5, 0.6) is 0 Å². The highest BCUT2D eigenvalue weighted by Crippen LogP contribution is 2.33. The first-order valence-electron chi connectivity index (χ1n) is 8.21. The lowest BCUT2D eigenvalue weighted by atomic mass is 9.88. The predicted octanol–water partition coefficient (Wildman–Crippen LogP) is 3.15. The number of hydrogen-bond donors (Lipinski definition) is 2. The van der Waals surface area contributed by atoms with Crippen molar-refractivity contribution < 1.29 is 13.6 Å². The van der Waals surface area contributed by atoms with Crippen LogP contribution in [0.25, 0.3) is 10.9 Å². The van der Waals surface area contributed by atoms with Crippen molar-refractivity contribution in [2.24, 2.45) is 5.41 Å². The number of H-pyrrole nitrogens is 1. The van der Waals surface area contributed by atoms with E-state index in [9.17, 15) is 9.18 Å². The second-order valence-corrected chi connectivity index (χ2v) is 6.85. The molecule has 1 unspecified atom stereocenters. The van der Waals surface area contributed by atoms with Gasteiger partial charge in [-0.2, -0.15) is 0 Å². The number of likely N-dealkylation sites (tertiary alicyclic amines) is 1. The number of nitrogens with zero attached hydrogens (tertiary/aromatic N) is 2. The molecule has 0 saturated carbocycles. The Kier molecular flexibility index (Phi) is 3.80. The molecular weight excluding hydrogens is 323 g/mol. The van der Waals surface area contributed by atoms with Crippen LogP contribution in [0, 0.1) is 11.2 Å². The van der Waals surface area contributed by atoms with Gasteiger partial charge < -0.3 is 14.7 Å². The second kappa shape index (κ2) is 6.00. The first-order chi connectivity index (χ1) is 12.0. The van der Waals surface area contributed by atoms with Gasteiger partial charge in [-0.1, -0.05) is 0 Å². The Morgan fingerprint density at radius 2 is 2.40 bits per heavy atom. The smallest absolute Gasteiger partial charge is 0.231 e. The highest BCUT2D eigenvalue weighted by Gasteiger charge is 2.40. The average molecular weight is 342 g/mol. The van der Waals surface area contributed by atoms with E-state index in [2.05, 4.69) is 20.2 Å². The number of carbonyl (C=O) groups excluding carboxylic acids is 1.